The molecule has 0 spiro atoms. The first-order chi connectivity index (χ1) is 8.11. The topological polar surface area (TPSA) is 0 Å². The van der Waals surface area contributed by atoms with Crippen LogP contribution in [-0.4, -0.2) is 11.3 Å². The molecule has 1 aliphatic rings. The Kier molecular flexibility index (Phi) is 6.82. The molecule has 0 aromatic heterocycles. The molecule has 96 valence electrons. The summed E-state index contributed by atoms with van der Waals surface area (Å²) in [6.07, 6.45) is 3.00. The largest absolute Gasteiger partial charge is 0.115 e. The Morgan fingerprint density at radius 2 is 1.00 bits per heavy atom. The molecule has 1 aromatic carbocycles. The van der Waals surface area contributed by atoms with Gasteiger partial charge in [-0.2, -0.15) is 0 Å². The van der Waals surface area contributed by atoms with E-state index in [1.54, 1.807) is 0 Å². The van der Waals surface area contributed by atoms with Gasteiger partial charge >= 0.3 is 0 Å². The van der Waals surface area contributed by atoms with E-state index in [9.17, 15) is 0 Å². The zero-order valence-corrected chi connectivity index (χ0v) is 12.7. The third-order valence-electron chi connectivity index (χ3n) is 3.49. The summed E-state index contributed by atoms with van der Waals surface area (Å²) >= 11 is 0. The Bertz CT molecular complexity index is 238. The quantitative estimate of drug-likeness (QED) is 0.633. The van der Waals surface area contributed by atoms with E-state index in [0.717, 1.165) is 23.2 Å². The fraction of sp³-hybridized carbons (Fsp3) is 0.625. The summed E-state index contributed by atoms with van der Waals surface area (Å²) in [5.41, 5.74) is 2.12. The van der Waals surface area contributed by atoms with E-state index in [1.807, 2.05) is 36.4 Å². The third kappa shape index (κ3) is 5.68. The molecule has 1 aliphatic heterocycles. The molecule has 1 fully saturated rings. The van der Waals surface area contributed by atoms with Gasteiger partial charge in [-0.3, -0.25) is 0 Å². The molecular weight excluding hydrogens is 223 g/mol. The monoisotopic (exact) mass is 250 g/mol. The van der Waals surface area contributed by atoms with Crippen molar-refractivity contribution in [2.24, 2.45) is 11.8 Å². The minimum Gasteiger partial charge on any atom is -0.115 e. The minimum absolute atomic E-state index is 0.928. The van der Waals surface area contributed by atoms with Crippen LogP contribution in [-0.2, 0) is 0 Å². The number of rotatable bonds is 2. The average molecular weight is 250 g/mol. The lowest BCUT2D eigenvalue weighted by atomic mass is 10.0. The van der Waals surface area contributed by atoms with Crippen molar-refractivity contribution in [2.75, 3.05) is 0 Å². The first-order valence-electron chi connectivity index (χ1n) is 6.87. The Labute approximate surface area is 109 Å². The van der Waals surface area contributed by atoms with Gasteiger partial charge in [-0.25, -0.2) is 0 Å². The van der Waals surface area contributed by atoms with Crippen LogP contribution in [0.3, 0.4) is 0 Å². The molecular formula is C16H27P. The molecule has 1 heterocycles. The van der Waals surface area contributed by atoms with Crippen molar-refractivity contribution in [2.45, 2.75) is 51.9 Å². The van der Waals surface area contributed by atoms with Crippen LogP contribution >= 0.6 is 8.58 Å². The molecule has 0 saturated carbocycles. The number of hydrogen-bond acceptors (Lipinski definition) is 0. The van der Waals surface area contributed by atoms with Crippen molar-refractivity contribution < 1.29 is 0 Å². The highest BCUT2D eigenvalue weighted by atomic mass is 31.1. The van der Waals surface area contributed by atoms with E-state index in [1.165, 1.54) is 21.4 Å². The van der Waals surface area contributed by atoms with Gasteiger partial charge in [-0.1, -0.05) is 64.1 Å². The number of hydrogen-bond donors (Lipinski definition) is 0. The SMILES string of the molecule is CC(C)C1CCC(C(C)C)P1.c1ccccc1. The van der Waals surface area contributed by atoms with E-state index in [0.29, 0.717) is 0 Å². The summed E-state index contributed by atoms with van der Waals surface area (Å²) in [5, 5.41) is 0. The highest BCUT2D eigenvalue weighted by Gasteiger charge is 2.27. The summed E-state index contributed by atoms with van der Waals surface area (Å²) in [6.45, 7) is 9.50. The van der Waals surface area contributed by atoms with E-state index >= 15 is 0 Å². The van der Waals surface area contributed by atoms with E-state index in [4.69, 9.17) is 0 Å². The Morgan fingerprint density at radius 3 is 1.18 bits per heavy atom. The second-order valence-corrected chi connectivity index (χ2v) is 7.42. The summed E-state index contributed by atoms with van der Waals surface area (Å²) in [7, 11) is 1.25. The zero-order chi connectivity index (χ0) is 12.7. The molecule has 1 aromatic rings. The van der Waals surface area contributed by atoms with Crippen LogP contribution in [0.2, 0.25) is 0 Å². The van der Waals surface area contributed by atoms with Gasteiger partial charge in [-0.15, -0.1) is 8.58 Å². The van der Waals surface area contributed by atoms with Crippen LogP contribution in [0.1, 0.15) is 40.5 Å². The van der Waals surface area contributed by atoms with Crippen LogP contribution in [0, 0.1) is 11.8 Å². The molecule has 1 heteroatoms. The molecule has 0 radical (unpaired) electrons. The molecule has 17 heavy (non-hydrogen) atoms. The van der Waals surface area contributed by atoms with Crippen molar-refractivity contribution in [1.29, 1.82) is 0 Å². The van der Waals surface area contributed by atoms with Crippen molar-refractivity contribution in [3.05, 3.63) is 36.4 Å². The van der Waals surface area contributed by atoms with E-state index in [-0.39, 0.29) is 0 Å². The molecule has 0 amide bonds. The smallest absolute Gasteiger partial charge is 0.0211 e. The lowest BCUT2D eigenvalue weighted by molar-refractivity contribution is 0.543. The first kappa shape index (κ1) is 14.7. The van der Waals surface area contributed by atoms with Crippen molar-refractivity contribution in [1.82, 2.24) is 0 Å². The van der Waals surface area contributed by atoms with Gasteiger partial charge in [-0.05, 0) is 36.0 Å². The maximum Gasteiger partial charge on any atom is -0.0211 e. The third-order valence-corrected chi connectivity index (χ3v) is 6.26. The number of benzene rings is 1. The maximum atomic E-state index is 2.38. The van der Waals surface area contributed by atoms with Crippen LogP contribution in [0.25, 0.3) is 0 Å². The molecule has 2 unspecified atom stereocenters. The lowest BCUT2D eigenvalue weighted by Gasteiger charge is -2.17. The Morgan fingerprint density at radius 1 is 0.706 bits per heavy atom. The van der Waals surface area contributed by atoms with Gasteiger partial charge in [0.15, 0.2) is 0 Å². The fourth-order valence-corrected chi connectivity index (χ4v) is 4.22. The maximum absolute atomic E-state index is 2.38. The highest BCUT2D eigenvalue weighted by Crippen LogP contribution is 2.46. The molecule has 1 saturated heterocycles. The summed E-state index contributed by atoms with van der Waals surface area (Å²) < 4.78 is 0. The molecule has 0 nitrogen and oxygen atoms in total. The van der Waals surface area contributed by atoms with Gasteiger partial charge < -0.3 is 0 Å². The average Bonchev–Trinajstić information content (AvgIpc) is 2.81. The lowest BCUT2D eigenvalue weighted by Crippen LogP contribution is -2.06. The normalized spacial score (nSPS) is 25.1. The van der Waals surface area contributed by atoms with Crippen LogP contribution in [0.5, 0.6) is 0 Å². The standard InChI is InChI=1S/C10H21P.C6H6/c1-7(2)9-5-6-10(11-9)8(3)4;1-2-4-6-5-3-1/h7-11H,5-6H2,1-4H3;1-6H. The van der Waals surface area contributed by atoms with Crippen molar-refractivity contribution >= 4 is 8.58 Å². The Balaban J connectivity index is 0.000000202. The summed E-state index contributed by atoms with van der Waals surface area (Å²) in [6, 6.07) is 12.0. The van der Waals surface area contributed by atoms with Crippen molar-refractivity contribution in [3.8, 4) is 0 Å². The molecule has 0 aliphatic carbocycles. The summed E-state index contributed by atoms with van der Waals surface area (Å²) in [5.74, 6) is 1.86. The van der Waals surface area contributed by atoms with Crippen LogP contribution in [0.15, 0.2) is 36.4 Å². The van der Waals surface area contributed by atoms with E-state index < -0.39 is 0 Å². The Hall–Kier alpha value is -0.350. The fourth-order valence-electron chi connectivity index (χ4n) is 2.24. The van der Waals surface area contributed by atoms with Gasteiger partial charge in [0.25, 0.3) is 0 Å². The van der Waals surface area contributed by atoms with Gasteiger partial charge in [0.05, 0.1) is 0 Å². The van der Waals surface area contributed by atoms with Gasteiger partial charge in [0.2, 0.25) is 0 Å². The molecule has 0 N–H and O–H groups in total. The minimum atomic E-state index is 0.928. The predicted molar refractivity (Wildman–Crippen MR) is 81.2 cm³/mol. The van der Waals surface area contributed by atoms with Gasteiger partial charge in [0.1, 0.15) is 0 Å². The zero-order valence-electron chi connectivity index (χ0n) is 11.7. The molecule has 0 bridgehead atoms. The molecule has 2 rings (SSSR count). The summed E-state index contributed by atoms with van der Waals surface area (Å²) in [4.78, 5) is 0. The second kappa shape index (κ2) is 7.88. The second-order valence-electron chi connectivity index (χ2n) is 5.60. The predicted octanol–water partition coefficient (Wildman–Crippen LogP) is 5.19. The van der Waals surface area contributed by atoms with Crippen molar-refractivity contribution in [3.63, 3.8) is 0 Å². The molecule has 2 atom stereocenters. The first-order valence-corrected chi connectivity index (χ1v) is 8.02. The van der Waals surface area contributed by atoms with Gasteiger partial charge in [0, 0.05) is 0 Å². The highest BCUT2D eigenvalue weighted by molar-refractivity contribution is 7.40. The van der Waals surface area contributed by atoms with Crippen LogP contribution in [0.4, 0.5) is 0 Å². The van der Waals surface area contributed by atoms with Crippen LogP contribution < -0.4 is 0 Å². The van der Waals surface area contributed by atoms with E-state index in [2.05, 4.69) is 27.7 Å².